The van der Waals surface area contributed by atoms with Crippen molar-refractivity contribution in [3.63, 3.8) is 0 Å². The van der Waals surface area contributed by atoms with Crippen molar-refractivity contribution in [2.24, 2.45) is 26.1 Å². The zero-order valence-electron chi connectivity index (χ0n) is 19.3. The highest BCUT2D eigenvalue weighted by Gasteiger charge is 2.27. The summed E-state index contributed by atoms with van der Waals surface area (Å²) in [5.41, 5.74) is 6.49. The van der Waals surface area contributed by atoms with Gasteiger partial charge < -0.3 is 19.8 Å². The van der Waals surface area contributed by atoms with Crippen molar-refractivity contribution in [1.82, 2.24) is 34.5 Å². The third-order valence-electron chi connectivity index (χ3n) is 6.47. The van der Waals surface area contributed by atoms with E-state index in [-0.39, 0.29) is 12.1 Å². The van der Waals surface area contributed by atoms with Crippen LogP contribution in [0.3, 0.4) is 0 Å². The average molecular weight is 451 g/mol. The van der Waals surface area contributed by atoms with E-state index < -0.39 is 0 Å². The van der Waals surface area contributed by atoms with Gasteiger partial charge in [0.25, 0.3) is 0 Å². The van der Waals surface area contributed by atoms with Gasteiger partial charge in [-0.2, -0.15) is 5.10 Å². The van der Waals surface area contributed by atoms with Gasteiger partial charge in [-0.1, -0.05) is 12.1 Å². The number of allylic oxidation sites excluding steroid dienone is 1. The molecule has 0 spiro atoms. The maximum atomic E-state index is 4.73. The lowest BCUT2D eigenvalue weighted by Gasteiger charge is -2.29. The van der Waals surface area contributed by atoms with E-state index in [2.05, 4.69) is 74.9 Å². The number of aliphatic imine (C=N–C) groups is 1. The predicted molar refractivity (Wildman–Crippen MR) is 134 cm³/mol. The second-order valence-electron chi connectivity index (χ2n) is 8.78. The van der Waals surface area contributed by atoms with Crippen molar-refractivity contribution in [1.29, 1.82) is 0 Å². The third kappa shape index (κ3) is 3.44. The van der Waals surface area contributed by atoms with Crippen LogP contribution in [0.4, 0.5) is 0 Å². The molecule has 2 N–H and O–H groups in total. The summed E-state index contributed by atoms with van der Waals surface area (Å²) in [6.45, 7) is 0. The minimum Gasteiger partial charge on any atom is -0.378 e. The van der Waals surface area contributed by atoms with E-state index in [9.17, 15) is 0 Å². The van der Waals surface area contributed by atoms with Gasteiger partial charge in [0.15, 0.2) is 0 Å². The molecule has 3 aromatic heterocycles. The van der Waals surface area contributed by atoms with Crippen molar-refractivity contribution in [2.75, 3.05) is 0 Å². The highest BCUT2D eigenvalue weighted by Crippen LogP contribution is 2.30. The quantitative estimate of drug-likeness (QED) is 0.490. The summed E-state index contributed by atoms with van der Waals surface area (Å²) < 4.78 is 6.00. The van der Waals surface area contributed by atoms with Crippen LogP contribution in [-0.4, -0.2) is 35.7 Å². The van der Waals surface area contributed by atoms with E-state index >= 15 is 0 Å². The van der Waals surface area contributed by atoms with Crippen LogP contribution < -0.4 is 10.6 Å². The molecular formula is C26H26N8. The van der Waals surface area contributed by atoms with Crippen LogP contribution in [0.2, 0.25) is 0 Å². The first-order valence-electron chi connectivity index (χ1n) is 11.3. The molecule has 8 nitrogen and oxygen atoms in total. The molecule has 2 unspecified atom stereocenters. The van der Waals surface area contributed by atoms with Crippen molar-refractivity contribution < 1.29 is 0 Å². The fraction of sp³-hybridized carbons (Fsp3) is 0.192. The Hall–Kier alpha value is -4.33. The number of nitrogens with one attached hydrogen (secondary N) is 2. The van der Waals surface area contributed by atoms with Crippen molar-refractivity contribution in [3.8, 4) is 0 Å². The van der Waals surface area contributed by atoms with Gasteiger partial charge in [0.2, 0.25) is 0 Å². The molecule has 1 aliphatic heterocycles. The van der Waals surface area contributed by atoms with Gasteiger partial charge in [-0.15, -0.1) is 0 Å². The minimum absolute atomic E-state index is 0.0208. The molecule has 0 saturated carbocycles. The maximum absolute atomic E-state index is 4.73. The summed E-state index contributed by atoms with van der Waals surface area (Å²) in [6.07, 6.45) is 17.9. The van der Waals surface area contributed by atoms with E-state index in [0.29, 0.717) is 0 Å². The molecule has 0 saturated heterocycles. The first kappa shape index (κ1) is 20.3. The van der Waals surface area contributed by atoms with Gasteiger partial charge in [0, 0.05) is 80.7 Å². The lowest BCUT2D eigenvalue weighted by molar-refractivity contribution is 0.622. The van der Waals surface area contributed by atoms with Crippen LogP contribution in [0.5, 0.6) is 0 Å². The van der Waals surface area contributed by atoms with Crippen LogP contribution in [0.25, 0.3) is 16.5 Å². The van der Waals surface area contributed by atoms with Crippen LogP contribution in [0.15, 0.2) is 90.5 Å². The number of rotatable bonds is 5. The summed E-state index contributed by atoms with van der Waals surface area (Å²) in [6, 6.07) is 8.55. The summed E-state index contributed by atoms with van der Waals surface area (Å²) in [5, 5.41) is 12.8. The van der Waals surface area contributed by atoms with Gasteiger partial charge in [-0.05, 0) is 35.2 Å². The molecule has 34 heavy (non-hydrogen) atoms. The molecule has 6 rings (SSSR count). The van der Waals surface area contributed by atoms with Gasteiger partial charge in [0.1, 0.15) is 11.9 Å². The fourth-order valence-electron chi connectivity index (χ4n) is 4.70. The molecule has 4 heterocycles. The number of aromatic nitrogens is 5. The van der Waals surface area contributed by atoms with Crippen LogP contribution >= 0.6 is 0 Å². The Morgan fingerprint density at radius 2 is 2.00 bits per heavy atom. The van der Waals surface area contributed by atoms with Crippen LogP contribution in [-0.2, 0) is 21.1 Å². The van der Waals surface area contributed by atoms with E-state index in [0.717, 1.165) is 33.9 Å². The monoisotopic (exact) mass is 450 g/mol. The minimum atomic E-state index is -0.148. The number of nitrogens with zero attached hydrogens (tertiary/aromatic N) is 6. The molecule has 0 amide bonds. The second kappa shape index (κ2) is 7.91. The molecule has 0 fully saturated rings. The number of imidazole rings is 1. The van der Waals surface area contributed by atoms with Crippen LogP contribution in [0.1, 0.15) is 23.0 Å². The SMILES string of the molecule is Cn1cc(C(NC2=CC3NC=CN=C3C(c3ccc4ccn(C)c4c3)=C2)c2nccn2C)cn1. The third-order valence-corrected chi connectivity index (χ3v) is 6.47. The number of benzene rings is 1. The van der Waals surface area contributed by atoms with Gasteiger partial charge in [-0.25, -0.2) is 4.98 Å². The molecule has 1 aliphatic carbocycles. The smallest absolute Gasteiger partial charge is 0.135 e. The van der Waals surface area contributed by atoms with Crippen molar-refractivity contribution in [2.45, 2.75) is 12.1 Å². The lowest BCUT2D eigenvalue weighted by atomic mass is 9.89. The Balaban J connectivity index is 1.43. The summed E-state index contributed by atoms with van der Waals surface area (Å²) in [4.78, 5) is 9.36. The molecule has 0 radical (unpaired) electrons. The van der Waals surface area contributed by atoms with Crippen molar-refractivity contribution >= 4 is 22.2 Å². The number of fused-ring (bicyclic) bond motifs is 2. The number of aryl methyl sites for hydroxylation is 3. The van der Waals surface area contributed by atoms with Gasteiger partial charge >= 0.3 is 0 Å². The Kier molecular flexibility index (Phi) is 4.72. The largest absolute Gasteiger partial charge is 0.378 e. The first-order chi connectivity index (χ1) is 16.6. The molecule has 2 atom stereocenters. The Morgan fingerprint density at radius 3 is 2.79 bits per heavy atom. The van der Waals surface area contributed by atoms with Gasteiger partial charge in [0.05, 0.1) is 18.0 Å². The molecule has 1 aromatic carbocycles. The summed E-state index contributed by atoms with van der Waals surface area (Å²) in [7, 11) is 6.01. The molecule has 8 heteroatoms. The Bertz CT molecular complexity index is 1510. The van der Waals surface area contributed by atoms with Crippen LogP contribution in [0, 0.1) is 0 Å². The topological polar surface area (TPSA) is 77.0 Å². The fourth-order valence-corrected chi connectivity index (χ4v) is 4.70. The second-order valence-corrected chi connectivity index (χ2v) is 8.78. The Morgan fingerprint density at radius 1 is 1.09 bits per heavy atom. The van der Waals surface area contributed by atoms with Gasteiger partial charge in [-0.3, -0.25) is 9.67 Å². The molecule has 2 aliphatic rings. The first-order valence-corrected chi connectivity index (χ1v) is 11.3. The molecule has 0 bridgehead atoms. The Labute approximate surface area is 197 Å². The lowest BCUT2D eigenvalue weighted by Crippen LogP contribution is -2.38. The average Bonchev–Trinajstić information content (AvgIpc) is 3.57. The zero-order valence-corrected chi connectivity index (χ0v) is 19.3. The van der Waals surface area contributed by atoms with E-state index in [4.69, 9.17) is 4.99 Å². The van der Waals surface area contributed by atoms with E-state index in [1.165, 1.54) is 10.9 Å². The standard InChI is InChI=1S/C26H26N8/c1-32-10-6-17-4-5-18(12-23(17)32)21-13-20(14-22-25(21)28-8-7-27-22)31-24(19-15-30-34(3)16-19)26-29-9-11-33(26)2/h4-16,22,24,27,31H,1-3H3. The highest BCUT2D eigenvalue weighted by atomic mass is 15.2. The zero-order chi connectivity index (χ0) is 23.2. The highest BCUT2D eigenvalue weighted by molar-refractivity contribution is 6.29. The van der Waals surface area contributed by atoms with Crippen molar-refractivity contribution in [3.05, 3.63) is 102 Å². The van der Waals surface area contributed by atoms with E-state index in [1.807, 2.05) is 60.5 Å². The normalized spacial score (nSPS) is 18.1. The number of hydrogen-bond acceptors (Lipinski definition) is 5. The molecule has 4 aromatic rings. The maximum Gasteiger partial charge on any atom is 0.135 e. The molecule has 170 valence electrons. The predicted octanol–water partition coefficient (Wildman–Crippen LogP) is 3.19. The van der Waals surface area contributed by atoms with E-state index in [1.54, 1.807) is 0 Å². The summed E-state index contributed by atoms with van der Waals surface area (Å²) >= 11 is 0. The summed E-state index contributed by atoms with van der Waals surface area (Å²) in [5.74, 6) is 0.921. The molecular weight excluding hydrogens is 424 g/mol. The number of hydrogen-bond donors (Lipinski definition) is 2.